The van der Waals surface area contributed by atoms with Crippen molar-refractivity contribution in [2.24, 2.45) is 0 Å². The van der Waals surface area contributed by atoms with Gasteiger partial charge in [-0.1, -0.05) is 0 Å². The fraction of sp³-hybridized carbons (Fsp3) is 0.778. The molecule has 2 N–H and O–H groups in total. The summed E-state index contributed by atoms with van der Waals surface area (Å²) in [5, 5.41) is 10.5. The van der Waals surface area contributed by atoms with Crippen LogP contribution in [0, 0.1) is 0 Å². The van der Waals surface area contributed by atoms with Gasteiger partial charge in [0.2, 0.25) is 0 Å². The molecule has 0 saturated carbocycles. The van der Waals surface area contributed by atoms with Gasteiger partial charge in [0.05, 0.1) is 13.0 Å². The van der Waals surface area contributed by atoms with Crippen molar-refractivity contribution < 1.29 is 32.6 Å². The minimum Gasteiger partial charge on any atom is -0.480 e. The van der Waals surface area contributed by atoms with Crippen molar-refractivity contribution in [3.8, 4) is 0 Å². The number of carbonyl (C=O) groups is 2. The highest BCUT2D eigenvalue weighted by Crippen LogP contribution is 2.18. The lowest BCUT2D eigenvalue weighted by molar-refractivity contribution is -0.138. The summed E-state index contributed by atoms with van der Waals surface area (Å²) >= 11 is 0. The SMILES string of the molecule is COCCN(CC(=O)O)C(=O)NCCC(F)(F)F. The lowest BCUT2D eigenvalue weighted by Crippen LogP contribution is -2.45. The fourth-order valence-electron chi connectivity index (χ4n) is 1.04. The van der Waals surface area contributed by atoms with Crippen molar-refractivity contribution in [3.05, 3.63) is 0 Å². The molecule has 0 aliphatic rings. The van der Waals surface area contributed by atoms with Gasteiger partial charge in [0, 0.05) is 20.2 Å². The largest absolute Gasteiger partial charge is 0.480 e. The van der Waals surface area contributed by atoms with Crippen molar-refractivity contribution in [2.75, 3.05) is 33.4 Å². The summed E-state index contributed by atoms with van der Waals surface area (Å²) in [4.78, 5) is 22.7. The Balaban J connectivity index is 4.15. The van der Waals surface area contributed by atoms with Gasteiger partial charge in [0.15, 0.2) is 0 Å². The Morgan fingerprint density at radius 1 is 1.39 bits per heavy atom. The number of urea groups is 1. The molecule has 2 amide bonds. The number of rotatable bonds is 7. The molecule has 0 saturated heterocycles. The molecule has 0 aliphatic carbocycles. The first-order valence-corrected chi connectivity index (χ1v) is 5.06. The zero-order valence-electron chi connectivity index (χ0n) is 9.79. The summed E-state index contributed by atoms with van der Waals surface area (Å²) in [6, 6.07) is -0.862. The van der Waals surface area contributed by atoms with Crippen LogP contribution in [-0.2, 0) is 9.53 Å². The number of carboxylic acid groups (broad SMARTS) is 1. The van der Waals surface area contributed by atoms with E-state index in [2.05, 4.69) is 4.74 Å². The van der Waals surface area contributed by atoms with Crippen LogP contribution in [-0.4, -0.2) is 61.5 Å². The number of hydrogen-bond acceptors (Lipinski definition) is 3. The summed E-state index contributed by atoms with van der Waals surface area (Å²) in [7, 11) is 1.36. The van der Waals surface area contributed by atoms with Crippen LogP contribution in [0.4, 0.5) is 18.0 Å². The molecule has 9 heteroatoms. The molecular weight excluding hydrogens is 257 g/mol. The first-order chi connectivity index (χ1) is 8.26. The van der Waals surface area contributed by atoms with Gasteiger partial charge in [-0.05, 0) is 0 Å². The van der Waals surface area contributed by atoms with Crippen molar-refractivity contribution in [2.45, 2.75) is 12.6 Å². The van der Waals surface area contributed by atoms with Gasteiger partial charge in [-0.3, -0.25) is 4.79 Å². The Morgan fingerprint density at radius 3 is 2.44 bits per heavy atom. The molecule has 106 valence electrons. The average molecular weight is 272 g/mol. The summed E-state index contributed by atoms with van der Waals surface area (Å²) in [6.45, 7) is -1.10. The predicted octanol–water partition coefficient (Wildman–Crippen LogP) is 0.681. The summed E-state index contributed by atoms with van der Waals surface area (Å²) < 4.78 is 40.2. The van der Waals surface area contributed by atoms with Crippen LogP contribution in [0.25, 0.3) is 0 Å². The lowest BCUT2D eigenvalue weighted by atomic mass is 10.4. The molecular formula is C9H15F3N2O4. The third-order valence-corrected chi connectivity index (χ3v) is 1.86. The molecule has 0 aromatic carbocycles. The maximum Gasteiger partial charge on any atom is 0.390 e. The Morgan fingerprint density at radius 2 is 2.00 bits per heavy atom. The lowest BCUT2D eigenvalue weighted by Gasteiger charge is -2.20. The number of aliphatic carboxylic acids is 1. The fourth-order valence-corrected chi connectivity index (χ4v) is 1.04. The molecule has 0 aliphatic heterocycles. The van der Waals surface area contributed by atoms with E-state index >= 15 is 0 Å². The van der Waals surface area contributed by atoms with E-state index in [1.165, 1.54) is 7.11 Å². The van der Waals surface area contributed by atoms with E-state index in [4.69, 9.17) is 5.11 Å². The number of nitrogens with zero attached hydrogens (tertiary/aromatic N) is 1. The third-order valence-electron chi connectivity index (χ3n) is 1.86. The van der Waals surface area contributed by atoms with E-state index in [1.807, 2.05) is 5.32 Å². The van der Waals surface area contributed by atoms with Gasteiger partial charge in [-0.2, -0.15) is 13.2 Å². The number of nitrogens with one attached hydrogen (secondary N) is 1. The predicted molar refractivity (Wildman–Crippen MR) is 55.2 cm³/mol. The van der Waals surface area contributed by atoms with Crippen molar-refractivity contribution in [1.82, 2.24) is 10.2 Å². The molecule has 0 unspecified atom stereocenters. The Bertz CT molecular complexity index is 283. The number of methoxy groups -OCH3 is 1. The highest BCUT2D eigenvalue weighted by Gasteiger charge is 2.27. The second-order valence-electron chi connectivity index (χ2n) is 3.41. The summed E-state index contributed by atoms with van der Waals surface area (Å²) in [5.41, 5.74) is 0. The minimum absolute atomic E-state index is 0.0132. The zero-order chi connectivity index (χ0) is 14.2. The second kappa shape index (κ2) is 7.75. The molecule has 18 heavy (non-hydrogen) atoms. The van der Waals surface area contributed by atoms with Gasteiger partial charge in [-0.15, -0.1) is 0 Å². The van der Waals surface area contributed by atoms with E-state index in [-0.39, 0.29) is 13.2 Å². The van der Waals surface area contributed by atoms with E-state index in [0.717, 1.165) is 4.90 Å². The molecule has 0 atom stereocenters. The van der Waals surface area contributed by atoms with Crippen LogP contribution in [0.5, 0.6) is 0 Å². The molecule has 0 radical (unpaired) electrons. The maximum atomic E-state index is 11.8. The zero-order valence-corrected chi connectivity index (χ0v) is 9.79. The highest BCUT2D eigenvalue weighted by molar-refractivity contribution is 5.80. The molecule has 0 aromatic heterocycles. The van der Waals surface area contributed by atoms with Crippen molar-refractivity contribution in [1.29, 1.82) is 0 Å². The monoisotopic (exact) mass is 272 g/mol. The molecule has 0 spiro atoms. The Hall–Kier alpha value is -1.51. The third kappa shape index (κ3) is 8.62. The van der Waals surface area contributed by atoms with Crippen LogP contribution in [0.15, 0.2) is 0 Å². The number of halogens is 3. The number of amides is 2. The van der Waals surface area contributed by atoms with Gasteiger partial charge in [-0.25, -0.2) is 4.79 Å². The van der Waals surface area contributed by atoms with Gasteiger partial charge in [0.1, 0.15) is 6.54 Å². The second-order valence-corrected chi connectivity index (χ2v) is 3.41. The standard InChI is InChI=1S/C9H15F3N2O4/c1-18-5-4-14(6-7(15)16)8(17)13-3-2-9(10,11)12/h2-6H2,1H3,(H,13,17)(H,15,16). The summed E-state index contributed by atoms with van der Waals surface area (Å²) in [6.07, 6.45) is -5.53. The Kier molecular flexibility index (Phi) is 7.10. The quantitative estimate of drug-likeness (QED) is 0.714. The molecule has 0 bridgehead atoms. The molecule has 0 fully saturated rings. The number of ether oxygens (including phenoxy) is 1. The van der Waals surface area contributed by atoms with E-state index in [9.17, 15) is 22.8 Å². The van der Waals surface area contributed by atoms with E-state index < -0.39 is 37.7 Å². The molecule has 0 aromatic rings. The normalized spacial score (nSPS) is 11.1. The number of hydrogen-bond donors (Lipinski definition) is 2. The van der Waals surface area contributed by atoms with Gasteiger partial charge >= 0.3 is 18.2 Å². The minimum atomic E-state index is -4.36. The van der Waals surface area contributed by atoms with E-state index in [0.29, 0.717) is 0 Å². The topological polar surface area (TPSA) is 78.9 Å². The van der Waals surface area contributed by atoms with Crippen LogP contribution in [0.3, 0.4) is 0 Å². The number of carboxylic acids is 1. The van der Waals surface area contributed by atoms with Crippen LogP contribution >= 0.6 is 0 Å². The molecule has 6 nitrogen and oxygen atoms in total. The first kappa shape index (κ1) is 16.5. The molecule has 0 rings (SSSR count). The van der Waals surface area contributed by atoms with Crippen molar-refractivity contribution >= 4 is 12.0 Å². The Labute approximate surface area is 102 Å². The van der Waals surface area contributed by atoms with Crippen molar-refractivity contribution in [3.63, 3.8) is 0 Å². The maximum absolute atomic E-state index is 11.8. The van der Waals surface area contributed by atoms with Gasteiger partial charge < -0.3 is 20.1 Å². The average Bonchev–Trinajstić information content (AvgIpc) is 2.21. The smallest absolute Gasteiger partial charge is 0.390 e. The van der Waals surface area contributed by atoms with Gasteiger partial charge in [0.25, 0.3) is 0 Å². The number of alkyl halides is 3. The molecule has 0 heterocycles. The van der Waals surface area contributed by atoms with Crippen LogP contribution < -0.4 is 5.32 Å². The highest BCUT2D eigenvalue weighted by atomic mass is 19.4. The van der Waals surface area contributed by atoms with E-state index in [1.54, 1.807) is 0 Å². The van der Waals surface area contributed by atoms with Crippen LogP contribution in [0.2, 0.25) is 0 Å². The first-order valence-electron chi connectivity index (χ1n) is 5.06. The number of carbonyl (C=O) groups excluding carboxylic acids is 1. The van der Waals surface area contributed by atoms with Crippen LogP contribution in [0.1, 0.15) is 6.42 Å². The summed E-state index contributed by atoms with van der Waals surface area (Å²) in [5.74, 6) is -1.25.